The number of hydrogen-bond donors (Lipinski definition) is 2. The van der Waals surface area contributed by atoms with E-state index in [9.17, 15) is 9.59 Å². The molecule has 0 aliphatic heterocycles. The van der Waals surface area contributed by atoms with Gasteiger partial charge in [0.1, 0.15) is 6.61 Å². The van der Waals surface area contributed by atoms with Crippen molar-refractivity contribution in [3.8, 4) is 11.8 Å². The first-order valence-electron chi connectivity index (χ1n) is 11.8. The number of carbonyl (C=O) groups excluding carboxylic acids is 2. The normalized spacial score (nSPS) is 19.1. The Kier molecular flexibility index (Phi) is 12.9. The molecule has 1 aliphatic rings. The number of carbonyl (C=O) groups is 2. The maximum absolute atomic E-state index is 12.3. The fourth-order valence-corrected chi connectivity index (χ4v) is 3.33. The van der Waals surface area contributed by atoms with Crippen LogP contribution in [-0.2, 0) is 23.8 Å². The Morgan fingerprint density at radius 2 is 1.28 bits per heavy atom. The molecule has 0 atom stereocenters. The molecular formula is C25H44N2O5. The highest BCUT2D eigenvalue weighted by molar-refractivity contribution is 5.81. The molecule has 0 spiro atoms. The van der Waals surface area contributed by atoms with Gasteiger partial charge in [-0.1, -0.05) is 11.8 Å². The molecule has 32 heavy (non-hydrogen) atoms. The van der Waals surface area contributed by atoms with Gasteiger partial charge in [-0.05, 0) is 67.2 Å². The first-order valence-corrected chi connectivity index (χ1v) is 11.8. The van der Waals surface area contributed by atoms with Gasteiger partial charge in [-0.15, -0.1) is 0 Å². The number of ether oxygens (including phenoxy) is 3. The standard InChI is InChI=1S/C25H44N2O5/c1-24(2,3)12-7-15-30-16-13-26-22(28)20-8-10-21(11-9-20)23(29)27-14-17-31-18-19-32-25(4,5)6/h20-21H,8-11,13-19H2,1-6H3,(H,26,28)(H,27,29). The topological polar surface area (TPSA) is 85.9 Å². The minimum absolute atomic E-state index is 0.0204. The number of amides is 2. The van der Waals surface area contributed by atoms with E-state index in [-0.39, 0.29) is 34.7 Å². The highest BCUT2D eigenvalue weighted by Crippen LogP contribution is 2.29. The summed E-state index contributed by atoms with van der Waals surface area (Å²) in [5.41, 5.74) is -0.190. The summed E-state index contributed by atoms with van der Waals surface area (Å²) in [5, 5.41) is 5.87. The average Bonchev–Trinajstić information content (AvgIpc) is 2.70. The smallest absolute Gasteiger partial charge is 0.223 e. The third-order valence-corrected chi connectivity index (χ3v) is 4.96. The Morgan fingerprint density at radius 3 is 1.75 bits per heavy atom. The lowest BCUT2D eigenvalue weighted by molar-refractivity contribution is -0.130. The molecule has 1 saturated carbocycles. The summed E-state index contributed by atoms with van der Waals surface area (Å²) in [4.78, 5) is 24.7. The van der Waals surface area contributed by atoms with Crippen molar-refractivity contribution in [2.24, 2.45) is 17.3 Å². The molecule has 7 heteroatoms. The van der Waals surface area contributed by atoms with Gasteiger partial charge in [0.2, 0.25) is 11.8 Å². The van der Waals surface area contributed by atoms with Crippen molar-refractivity contribution in [1.82, 2.24) is 10.6 Å². The largest absolute Gasteiger partial charge is 0.377 e. The fraction of sp³-hybridized carbons (Fsp3) is 0.840. The Bertz CT molecular complexity index is 617. The average molecular weight is 453 g/mol. The molecule has 0 saturated heterocycles. The van der Waals surface area contributed by atoms with Crippen LogP contribution in [0.3, 0.4) is 0 Å². The lowest BCUT2D eigenvalue weighted by Gasteiger charge is -2.27. The zero-order valence-electron chi connectivity index (χ0n) is 21.0. The van der Waals surface area contributed by atoms with Gasteiger partial charge in [0.25, 0.3) is 0 Å². The Hall–Kier alpha value is -1.62. The molecular weight excluding hydrogens is 408 g/mol. The lowest BCUT2D eigenvalue weighted by Crippen LogP contribution is -2.39. The van der Waals surface area contributed by atoms with Crippen LogP contribution < -0.4 is 10.6 Å². The third kappa shape index (κ3) is 14.4. The van der Waals surface area contributed by atoms with Crippen molar-refractivity contribution in [2.45, 2.75) is 72.8 Å². The second-order valence-electron chi connectivity index (χ2n) is 10.3. The summed E-state index contributed by atoms with van der Waals surface area (Å²) in [6, 6.07) is 0. The van der Waals surface area contributed by atoms with E-state index in [2.05, 4.69) is 43.2 Å². The summed E-state index contributed by atoms with van der Waals surface area (Å²) >= 11 is 0. The molecule has 184 valence electrons. The summed E-state index contributed by atoms with van der Waals surface area (Å²) in [6.07, 6.45) is 2.96. The molecule has 0 radical (unpaired) electrons. The van der Waals surface area contributed by atoms with Gasteiger partial charge in [0, 0.05) is 30.3 Å². The SMILES string of the molecule is CC(C)(C)C#CCOCCNC(=O)C1CCC(C(=O)NCCOCCOC(C)(C)C)CC1. The Labute approximate surface area is 194 Å². The second-order valence-corrected chi connectivity index (χ2v) is 10.3. The molecule has 1 fully saturated rings. The van der Waals surface area contributed by atoms with Gasteiger partial charge in [-0.3, -0.25) is 9.59 Å². The Balaban J connectivity index is 2.08. The number of nitrogens with one attached hydrogen (secondary N) is 2. The summed E-state index contributed by atoms with van der Waals surface area (Å²) in [6.45, 7) is 15.5. The van der Waals surface area contributed by atoms with Crippen LogP contribution in [0.5, 0.6) is 0 Å². The molecule has 2 N–H and O–H groups in total. The van der Waals surface area contributed by atoms with Crippen LogP contribution in [0.15, 0.2) is 0 Å². The minimum atomic E-state index is -0.164. The molecule has 0 aromatic carbocycles. The molecule has 0 aromatic rings. The van der Waals surface area contributed by atoms with E-state index in [0.29, 0.717) is 46.1 Å². The van der Waals surface area contributed by atoms with Crippen molar-refractivity contribution in [3.63, 3.8) is 0 Å². The first-order chi connectivity index (χ1) is 15.0. The van der Waals surface area contributed by atoms with Crippen LogP contribution in [-0.4, -0.2) is 63.5 Å². The van der Waals surface area contributed by atoms with Crippen molar-refractivity contribution < 1.29 is 23.8 Å². The van der Waals surface area contributed by atoms with E-state index in [1.165, 1.54) is 0 Å². The van der Waals surface area contributed by atoms with Crippen molar-refractivity contribution >= 4 is 11.8 Å². The molecule has 0 heterocycles. The predicted octanol–water partition coefficient (Wildman–Crippen LogP) is 2.92. The van der Waals surface area contributed by atoms with E-state index >= 15 is 0 Å². The van der Waals surface area contributed by atoms with Gasteiger partial charge in [-0.2, -0.15) is 0 Å². The molecule has 0 unspecified atom stereocenters. The van der Waals surface area contributed by atoms with Crippen molar-refractivity contribution in [3.05, 3.63) is 0 Å². The zero-order valence-corrected chi connectivity index (χ0v) is 21.0. The second kappa shape index (κ2) is 14.5. The predicted molar refractivity (Wildman–Crippen MR) is 126 cm³/mol. The zero-order chi connectivity index (χ0) is 24.0. The quantitative estimate of drug-likeness (QED) is 0.351. The first kappa shape index (κ1) is 28.4. The van der Waals surface area contributed by atoms with Gasteiger partial charge in [-0.25, -0.2) is 0 Å². The highest BCUT2D eigenvalue weighted by atomic mass is 16.5. The third-order valence-electron chi connectivity index (χ3n) is 4.96. The number of hydrogen-bond acceptors (Lipinski definition) is 5. The summed E-state index contributed by atoms with van der Waals surface area (Å²) in [5.74, 6) is 6.17. The van der Waals surface area contributed by atoms with E-state index in [0.717, 1.165) is 25.7 Å². The van der Waals surface area contributed by atoms with Crippen LogP contribution in [0.4, 0.5) is 0 Å². The van der Waals surface area contributed by atoms with Gasteiger partial charge in [0.15, 0.2) is 0 Å². The van der Waals surface area contributed by atoms with Crippen molar-refractivity contribution in [2.75, 3.05) is 46.1 Å². The molecule has 1 rings (SSSR count). The van der Waals surface area contributed by atoms with Gasteiger partial charge >= 0.3 is 0 Å². The van der Waals surface area contributed by atoms with E-state index < -0.39 is 0 Å². The summed E-state index contributed by atoms with van der Waals surface area (Å²) in [7, 11) is 0. The number of rotatable bonds is 12. The monoisotopic (exact) mass is 452 g/mol. The molecule has 1 aliphatic carbocycles. The van der Waals surface area contributed by atoms with Gasteiger partial charge in [0.05, 0.1) is 32.0 Å². The molecule has 0 bridgehead atoms. The van der Waals surface area contributed by atoms with E-state index in [4.69, 9.17) is 14.2 Å². The van der Waals surface area contributed by atoms with Crippen LogP contribution in [0.1, 0.15) is 67.2 Å². The van der Waals surface area contributed by atoms with Crippen LogP contribution >= 0.6 is 0 Å². The van der Waals surface area contributed by atoms with Crippen LogP contribution in [0.25, 0.3) is 0 Å². The van der Waals surface area contributed by atoms with Crippen LogP contribution in [0.2, 0.25) is 0 Å². The molecule has 0 aromatic heterocycles. The molecule has 2 amide bonds. The maximum Gasteiger partial charge on any atom is 0.223 e. The van der Waals surface area contributed by atoms with E-state index in [1.807, 2.05) is 20.8 Å². The van der Waals surface area contributed by atoms with Crippen LogP contribution in [0, 0.1) is 29.1 Å². The van der Waals surface area contributed by atoms with Crippen molar-refractivity contribution in [1.29, 1.82) is 0 Å². The lowest BCUT2D eigenvalue weighted by atomic mass is 9.81. The maximum atomic E-state index is 12.3. The summed E-state index contributed by atoms with van der Waals surface area (Å²) < 4.78 is 16.5. The minimum Gasteiger partial charge on any atom is -0.377 e. The van der Waals surface area contributed by atoms with Gasteiger partial charge < -0.3 is 24.8 Å². The fourth-order valence-electron chi connectivity index (χ4n) is 3.33. The molecule has 7 nitrogen and oxygen atoms in total. The Morgan fingerprint density at radius 1 is 0.781 bits per heavy atom. The highest BCUT2D eigenvalue weighted by Gasteiger charge is 2.29. The van der Waals surface area contributed by atoms with E-state index in [1.54, 1.807) is 0 Å².